The van der Waals surface area contributed by atoms with Crippen molar-refractivity contribution in [3.8, 4) is 0 Å². The molecule has 0 fully saturated rings. The molecule has 1 heteroatoms. The first-order valence-electron chi connectivity index (χ1n) is 8.71. The summed E-state index contributed by atoms with van der Waals surface area (Å²) >= 11 is 0. The summed E-state index contributed by atoms with van der Waals surface area (Å²) in [5.41, 5.74) is 2.66. The summed E-state index contributed by atoms with van der Waals surface area (Å²) in [6, 6.07) is 8.55. The van der Waals surface area contributed by atoms with Gasteiger partial charge in [0, 0.05) is 6.54 Å². The molecule has 0 amide bonds. The molecule has 0 aliphatic heterocycles. The van der Waals surface area contributed by atoms with Gasteiger partial charge in [0.05, 0.1) is 0 Å². The van der Waals surface area contributed by atoms with Crippen LogP contribution in [0.5, 0.6) is 0 Å². The molecule has 0 heterocycles. The van der Waals surface area contributed by atoms with Gasteiger partial charge in [0.1, 0.15) is 0 Å². The van der Waals surface area contributed by atoms with Crippen LogP contribution in [0.2, 0.25) is 0 Å². The normalized spacial score (nSPS) is 9.52. The molecule has 0 radical (unpaired) electrons. The Morgan fingerprint density at radius 2 is 1.43 bits per heavy atom. The highest BCUT2D eigenvalue weighted by molar-refractivity contribution is 5.20. The molecular formula is C20H39N. The maximum Gasteiger partial charge on any atom is 0.0202 e. The van der Waals surface area contributed by atoms with E-state index in [9.17, 15) is 0 Å². The Kier molecular flexibility index (Phi) is 18.4. The predicted octanol–water partition coefficient (Wildman–Crippen LogP) is 6.35. The summed E-state index contributed by atoms with van der Waals surface area (Å²) in [6.45, 7) is 14.2. The van der Waals surface area contributed by atoms with E-state index in [4.69, 9.17) is 0 Å². The van der Waals surface area contributed by atoms with E-state index in [-0.39, 0.29) is 0 Å². The second kappa shape index (κ2) is 17.2. The van der Waals surface area contributed by atoms with E-state index in [1.54, 1.807) is 0 Å². The van der Waals surface area contributed by atoms with Crippen LogP contribution < -0.4 is 5.32 Å². The van der Waals surface area contributed by atoms with E-state index in [0.717, 1.165) is 12.5 Å². The third kappa shape index (κ3) is 19.2. The minimum absolute atomic E-state index is 0.903. The maximum absolute atomic E-state index is 3.10. The average Bonchev–Trinajstić information content (AvgIpc) is 2.48. The SMILES string of the molecule is CCCC.CCCCC(C)C.CNCc1ccc(C)cc1. The van der Waals surface area contributed by atoms with Crippen molar-refractivity contribution in [2.24, 2.45) is 5.92 Å². The average molecular weight is 294 g/mol. The van der Waals surface area contributed by atoms with Gasteiger partial charge in [-0.15, -0.1) is 0 Å². The standard InChI is InChI=1S/C9H13N.C7H16.C4H10/c1-8-3-5-9(6-4-8)7-10-2;1-4-5-6-7(2)3;1-3-4-2/h3-6,10H,7H2,1-2H3;7H,4-6H2,1-3H3;3-4H2,1-2H3. The fraction of sp³-hybridized carbons (Fsp3) is 0.700. The molecule has 0 aliphatic carbocycles. The van der Waals surface area contributed by atoms with E-state index in [0.29, 0.717) is 0 Å². The molecule has 0 aliphatic rings. The third-order valence-electron chi connectivity index (χ3n) is 3.14. The van der Waals surface area contributed by atoms with E-state index < -0.39 is 0 Å². The highest BCUT2D eigenvalue weighted by Crippen LogP contribution is 2.04. The molecule has 0 atom stereocenters. The van der Waals surface area contributed by atoms with Gasteiger partial charge >= 0.3 is 0 Å². The van der Waals surface area contributed by atoms with Crippen LogP contribution in [-0.4, -0.2) is 7.05 Å². The summed E-state index contributed by atoms with van der Waals surface area (Å²) in [4.78, 5) is 0. The van der Waals surface area contributed by atoms with Crippen molar-refractivity contribution in [2.45, 2.75) is 80.2 Å². The molecule has 1 nitrogen and oxygen atoms in total. The lowest BCUT2D eigenvalue weighted by atomic mass is 10.1. The van der Waals surface area contributed by atoms with Crippen LogP contribution in [0.25, 0.3) is 0 Å². The van der Waals surface area contributed by atoms with Gasteiger partial charge < -0.3 is 5.32 Å². The molecule has 124 valence electrons. The quantitative estimate of drug-likeness (QED) is 0.644. The minimum atomic E-state index is 0.903. The largest absolute Gasteiger partial charge is 0.316 e. The number of unbranched alkanes of at least 4 members (excludes halogenated alkanes) is 2. The molecule has 0 spiro atoms. The van der Waals surface area contributed by atoms with E-state index in [1.807, 2.05) is 7.05 Å². The van der Waals surface area contributed by atoms with Crippen LogP contribution in [0, 0.1) is 12.8 Å². The monoisotopic (exact) mass is 293 g/mol. The summed E-state index contributed by atoms with van der Waals surface area (Å²) in [6.07, 6.45) is 6.78. The second-order valence-corrected chi connectivity index (χ2v) is 6.05. The van der Waals surface area contributed by atoms with E-state index in [1.165, 1.54) is 43.2 Å². The number of aryl methyl sites for hydroxylation is 1. The van der Waals surface area contributed by atoms with E-state index >= 15 is 0 Å². The van der Waals surface area contributed by atoms with Crippen molar-refractivity contribution in [3.05, 3.63) is 35.4 Å². The smallest absolute Gasteiger partial charge is 0.0202 e. The predicted molar refractivity (Wildman–Crippen MR) is 98.9 cm³/mol. The zero-order chi connectivity index (χ0) is 16.5. The van der Waals surface area contributed by atoms with Gasteiger partial charge in [-0.2, -0.15) is 0 Å². The number of nitrogens with one attached hydrogen (secondary N) is 1. The maximum atomic E-state index is 3.10. The Labute approximate surface area is 134 Å². The number of hydrogen-bond donors (Lipinski definition) is 1. The van der Waals surface area contributed by atoms with Crippen LogP contribution in [-0.2, 0) is 6.54 Å². The number of rotatable bonds is 6. The van der Waals surface area contributed by atoms with Crippen molar-refractivity contribution >= 4 is 0 Å². The van der Waals surface area contributed by atoms with Gasteiger partial charge in [0.15, 0.2) is 0 Å². The summed E-state index contributed by atoms with van der Waals surface area (Å²) < 4.78 is 0. The summed E-state index contributed by atoms with van der Waals surface area (Å²) in [5.74, 6) is 0.903. The molecule has 0 unspecified atom stereocenters. The summed E-state index contributed by atoms with van der Waals surface area (Å²) in [5, 5.41) is 3.10. The highest BCUT2D eigenvalue weighted by atomic mass is 14.8. The Hall–Kier alpha value is -0.820. The van der Waals surface area contributed by atoms with Crippen molar-refractivity contribution in [3.63, 3.8) is 0 Å². The number of hydrogen-bond acceptors (Lipinski definition) is 1. The molecule has 1 aromatic rings. The van der Waals surface area contributed by atoms with Crippen LogP contribution in [0.15, 0.2) is 24.3 Å². The fourth-order valence-corrected chi connectivity index (χ4v) is 1.52. The lowest BCUT2D eigenvalue weighted by Gasteiger charge is -1.98. The molecule has 0 saturated carbocycles. The first-order valence-corrected chi connectivity index (χ1v) is 8.71. The minimum Gasteiger partial charge on any atom is -0.316 e. The van der Waals surface area contributed by atoms with Crippen LogP contribution in [0.3, 0.4) is 0 Å². The van der Waals surface area contributed by atoms with Gasteiger partial charge in [-0.05, 0) is 25.5 Å². The molecule has 1 N–H and O–H groups in total. The molecule has 0 aromatic heterocycles. The molecular weight excluding hydrogens is 254 g/mol. The summed E-state index contributed by atoms with van der Waals surface area (Å²) in [7, 11) is 1.96. The third-order valence-corrected chi connectivity index (χ3v) is 3.14. The molecule has 1 aromatic carbocycles. The van der Waals surface area contributed by atoms with Gasteiger partial charge in [0.2, 0.25) is 0 Å². The van der Waals surface area contributed by atoms with Gasteiger partial charge in [0.25, 0.3) is 0 Å². The topological polar surface area (TPSA) is 12.0 Å². The number of benzene rings is 1. The van der Waals surface area contributed by atoms with Crippen molar-refractivity contribution < 1.29 is 0 Å². The van der Waals surface area contributed by atoms with Crippen molar-refractivity contribution in [1.82, 2.24) is 5.32 Å². The molecule has 0 saturated heterocycles. The highest BCUT2D eigenvalue weighted by Gasteiger charge is 1.89. The van der Waals surface area contributed by atoms with Gasteiger partial charge in [-0.1, -0.05) is 96.6 Å². The lowest BCUT2D eigenvalue weighted by Crippen LogP contribution is -2.04. The molecule has 0 bridgehead atoms. The van der Waals surface area contributed by atoms with Crippen molar-refractivity contribution in [2.75, 3.05) is 7.05 Å². The van der Waals surface area contributed by atoms with E-state index in [2.05, 4.69) is 71.1 Å². The first-order chi connectivity index (χ1) is 10.0. The van der Waals surface area contributed by atoms with Gasteiger partial charge in [-0.25, -0.2) is 0 Å². The van der Waals surface area contributed by atoms with Crippen LogP contribution in [0.1, 0.15) is 77.8 Å². The Morgan fingerprint density at radius 1 is 0.905 bits per heavy atom. The molecule has 1 rings (SSSR count). The van der Waals surface area contributed by atoms with Crippen LogP contribution in [0.4, 0.5) is 0 Å². The van der Waals surface area contributed by atoms with Gasteiger partial charge in [-0.3, -0.25) is 0 Å². The Bertz CT molecular complexity index is 285. The Balaban J connectivity index is 0. The van der Waals surface area contributed by atoms with Crippen molar-refractivity contribution in [1.29, 1.82) is 0 Å². The van der Waals surface area contributed by atoms with Crippen LogP contribution >= 0.6 is 0 Å². The zero-order valence-electron chi connectivity index (χ0n) is 15.6. The Morgan fingerprint density at radius 3 is 1.71 bits per heavy atom. The lowest BCUT2D eigenvalue weighted by molar-refractivity contribution is 0.550. The fourth-order valence-electron chi connectivity index (χ4n) is 1.52. The molecule has 21 heavy (non-hydrogen) atoms. The first kappa shape index (κ1) is 22.5. The zero-order valence-corrected chi connectivity index (χ0v) is 15.6. The second-order valence-electron chi connectivity index (χ2n) is 6.05.